The Morgan fingerprint density at radius 3 is 2.43 bits per heavy atom. The summed E-state index contributed by atoms with van der Waals surface area (Å²) in [6, 6.07) is 9.43. The molecule has 5 nitrogen and oxygen atoms in total. The molecule has 2 aromatic carbocycles. The summed E-state index contributed by atoms with van der Waals surface area (Å²) in [7, 11) is -2.49. The second-order valence-electron chi connectivity index (χ2n) is 4.24. The monoisotopic (exact) mass is 311 g/mol. The van der Waals surface area contributed by atoms with Crippen LogP contribution in [0.25, 0.3) is 0 Å². The lowest BCUT2D eigenvalue weighted by Gasteiger charge is -2.11. The van der Waals surface area contributed by atoms with Crippen LogP contribution in [-0.4, -0.2) is 20.6 Å². The number of aliphatic hydroxyl groups is 1. The lowest BCUT2D eigenvalue weighted by atomic mass is 10.2. The van der Waals surface area contributed by atoms with E-state index in [0.717, 1.165) is 12.1 Å². The van der Waals surface area contributed by atoms with Crippen molar-refractivity contribution in [2.45, 2.75) is 11.5 Å². The minimum Gasteiger partial charge on any atom is -0.497 e. The maximum Gasteiger partial charge on any atom is 0.262 e. The van der Waals surface area contributed by atoms with Gasteiger partial charge in [-0.1, -0.05) is 6.07 Å². The van der Waals surface area contributed by atoms with Crippen LogP contribution in [0.3, 0.4) is 0 Å². The van der Waals surface area contributed by atoms with Crippen LogP contribution in [0.2, 0.25) is 0 Å². The lowest BCUT2D eigenvalue weighted by Crippen LogP contribution is -2.15. The molecule has 0 amide bonds. The van der Waals surface area contributed by atoms with Gasteiger partial charge in [0, 0.05) is 5.69 Å². The van der Waals surface area contributed by atoms with Crippen molar-refractivity contribution in [3.8, 4) is 5.75 Å². The van der Waals surface area contributed by atoms with Gasteiger partial charge < -0.3 is 9.84 Å². The summed E-state index contributed by atoms with van der Waals surface area (Å²) in [5.74, 6) is -0.109. The highest BCUT2D eigenvalue weighted by molar-refractivity contribution is 7.92. The van der Waals surface area contributed by atoms with Crippen molar-refractivity contribution in [1.29, 1.82) is 0 Å². The molecule has 0 saturated heterocycles. The van der Waals surface area contributed by atoms with Crippen LogP contribution in [0, 0.1) is 5.82 Å². The number of sulfonamides is 1. The fourth-order valence-electron chi connectivity index (χ4n) is 1.78. The number of aliphatic hydroxyl groups excluding tert-OH is 1. The summed E-state index contributed by atoms with van der Waals surface area (Å²) in [6.45, 7) is -0.501. The topological polar surface area (TPSA) is 75.6 Å². The van der Waals surface area contributed by atoms with Gasteiger partial charge in [-0.2, -0.15) is 0 Å². The number of methoxy groups -OCH3 is 1. The van der Waals surface area contributed by atoms with Crippen molar-refractivity contribution in [1.82, 2.24) is 0 Å². The van der Waals surface area contributed by atoms with E-state index in [1.165, 1.54) is 25.3 Å². The highest BCUT2D eigenvalue weighted by Gasteiger charge is 2.19. The first-order chi connectivity index (χ1) is 9.96. The van der Waals surface area contributed by atoms with E-state index >= 15 is 0 Å². The van der Waals surface area contributed by atoms with E-state index in [2.05, 4.69) is 4.72 Å². The molecule has 21 heavy (non-hydrogen) atoms. The molecule has 0 spiro atoms. The van der Waals surface area contributed by atoms with Gasteiger partial charge >= 0.3 is 0 Å². The summed E-state index contributed by atoms with van der Waals surface area (Å²) < 4.78 is 45.1. The fraction of sp³-hybridized carbons (Fsp3) is 0.143. The molecule has 0 aliphatic carbocycles. The van der Waals surface area contributed by atoms with Crippen LogP contribution in [0.1, 0.15) is 5.56 Å². The van der Waals surface area contributed by atoms with E-state index in [-0.39, 0.29) is 10.5 Å². The van der Waals surface area contributed by atoms with Gasteiger partial charge in [0.15, 0.2) is 0 Å². The zero-order valence-electron chi connectivity index (χ0n) is 11.2. The van der Waals surface area contributed by atoms with Crippen molar-refractivity contribution in [3.63, 3.8) is 0 Å². The summed E-state index contributed by atoms with van der Waals surface area (Å²) in [5.41, 5.74) is 0.432. The molecule has 2 aromatic rings. The Balaban J connectivity index is 2.35. The Labute approximate surface area is 122 Å². The minimum absolute atomic E-state index is 0.123. The van der Waals surface area contributed by atoms with Crippen molar-refractivity contribution in [3.05, 3.63) is 53.8 Å². The molecule has 0 aliphatic rings. The number of anilines is 1. The Morgan fingerprint density at radius 2 is 1.86 bits per heavy atom. The first-order valence-corrected chi connectivity index (χ1v) is 7.51. The number of benzene rings is 2. The summed E-state index contributed by atoms with van der Waals surface area (Å²) >= 11 is 0. The van der Waals surface area contributed by atoms with Gasteiger partial charge in [-0.25, -0.2) is 12.8 Å². The molecule has 0 bridgehead atoms. The van der Waals surface area contributed by atoms with Crippen molar-refractivity contribution >= 4 is 15.7 Å². The van der Waals surface area contributed by atoms with Crippen LogP contribution in [-0.2, 0) is 16.6 Å². The molecule has 0 atom stereocenters. The fourth-order valence-corrected chi connectivity index (χ4v) is 3.08. The number of nitrogens with one attached hydrogen (secondary N) is 1. The van der Waals surface area contributed by atoms with Gasteiger partial charge in [0.05, 0.1) is 18.6 Å². The van der Waals surface area contributed by atoms with E-state index in [4.69, 9.17) is 4.74 Å². The zero-order valence-corrected chi connectivity index (χ0v) is 12.0. The molecule has 0 saturated carbocycles. The Kier molecular flexibility index (Phi) is 4.44. The van der Waals surface area contributed by atoms with Crippen LogP contribution in [0.4, 0.5) is 10.1 Å². The Bertz CT molecular complexity index is 729. The average Bonchev–Trinajstić information content (AvgIpc) is 2.47. The normalized spacial score (nSPS) is 11.2. The highest BCUT2D eigenvalue weighted by atomic mass is 32.2. The maximum absolute atomic E-state index is 13.3. The average molecular weight is 311 g/mol. The van der Waals surface area contributed by atoms with E-state index in [1.807, 2.05) is 0 Å². The summed E-state index contributed by atoms with van der Waals surface area (Å²) in [4.78, 5) is -0.291. The Hall–Kier alpha value is -2.12. The van der Waals surface area contributed by atoms with Gasteiger partial charge in [0.2, 0.25) is 0 Å². The third-order valence-corrected chi connectivity index (χ3v) is 4.29. The quantitative estimate of drug-likeness (QED) is 0.887. The molecule has 0 unspecified atom stereocenters. The van der Waals surface area contributed by atoms with Gasteiger partial charge in [-0.3, -0.25) is 4.72 Å². The molecule has 112 valence electrons. The molecule has 2 rings (SSSR count). The first-order valence-electron chi connectivity index (χ1n) is 6.02. The van der Waals surface area contributed by atoms with E-state index in [9.17, 15) is 17.9 Å². The van der Waals surface area contributed by atoms with Crippen molar-refractivity contribution < 1.29 is 22.7 Å². The summed E-state index contributed by atoms with van der Waals surface area (Å²) in [6.07, 6.45) is 0. The highest BCUT2D eigenvalue weighted by Crippen LogP contribution is 2.22. The molecule has 0 aromatic heterocycles. The maximum atomic E-state index is 13.3. The van der Waals surface area contributed by atoms with E-state index in [1.54, 1.807) is 12.1 Å². The molecule has 7 heteroatoms. The Morgan fingerprint density at radius 1 is 1.19 bits per heavy atom. The number of hydrogen-bond acceptors (Lipinski definition) is 4. The third-order valence-electron chi connectivity index (χ3n) is 2.83. The second kappa shape index (κ2) is 6.11. The van der Waals surface area contributed by atoms with Crippen LogP contribution in [0.15, 0.2) is 47.4 Å². The molecule has 0 radical (unpaired) electrons. The predicted molar refractivity (Wildman–Crippen MR) is 76.1 cm³/mol. The second-order valence-corrected chi connectivity index (χ2v) is 5.89. The third kappa shape index (κ3) is 3.50. The number of hydrogen-bond donors (Lipinski definition) is 2. The number of rotatable bonds is 5. The summed E-state index contributed by atoms with van der Waals surface area (Å²) in [5, 5.41) is 9.18. The minimum atomic E-state index is -3.99. The van der Waals surface area contributed by atoms with E-state index < -0.39 is 22.4 Å². The van der Waals surface area contributed by atoms with Gasteiger partial charge in [0.1, 0.15) is 11.6 Å². The standard InChI is InChI=1S/C14H14FNO4S/c1-20-13-6-4-12(5-7-13)16-21(18,19)14-8-11(15)3-2-10(14)9-17/h2-8,16-17H,9H2,1H3. The SMILES string of the molecule is COc1ccc(NS(=O)(=O)c2cc(F)ccc2CO)cc1. The molecule has 0 fully saturated rings. The molecule has 2 N–H and O–H groups in total. The molecular weight excluding hydrogens is 297 g/mol. The first kappa shape index (κ1) is 15.3. The smallest absolute Gasteiger partial charge is 0.262 e. The van der Waals surface area contributed by atoms with Gasteiger partial charge in [-0.15, -0.1) is 0 Å². The predicted octanol–water partition coefficient (Wildman–Crippen LogP) is 2.13. The van der Waals surface area contributed by atoms with Gasteiger partial charge in [0.25, 0.3) is 10.0 Å². The molecule has 0 heterocycles. The number of halogens is 1. The molecular formula is C14H14FNO4S. The van der Waals surface area contributed by atoms with Crippen LogP contribution >= 0.6 is 0 Å². The van der Waals surface area contributed by atoms with Crippen LogP contribution in [0.5, 0.6) is 5.75 Å². The number of ether oxygens (including phenoxy) is 1. The van der Waals surface area contributed by atoms with Crippen LogP contribution < -0.4 is 9.46 Å². The van der Waals surface area contributed by atoms with Gasteiger partial charge in [-0.05, 0) is 42.0 Å². The lowest BCUT2D eigenvalue weighted by molar-refractivity contribution is 0.278. The zero-order chi connectivity index (χ0) is 15.5. The largest absolute Gasteiger partial charge is 0.497 e. The molecule has 0 aliphatic heterocycles. The van der Waals surface area contributed by atoms with E-state index in [0.29, 0.717) is 11.4 Å². The van der Waals surface area contributed by atoms with Crippen molar-refractivity contribution in [2.75, 3.05) is 11.8 Å². The van der Waals surface area contributed by atoms with Crippen molar-refractivity contribution in [2.24, 2.45) is 0 Å².